The molecule has 0 spiro atoms. The van der Waals surface area contributed by atoms with E-state index in [0.29, 0.717) is 27.0 Å². The Morgan fingerprint density at radius 1 is 0.909 bits per heavy atom. The summed E-state index contributed by atoms with van der Waals surface area (Å²) in [6.07, 6.45) is 0.0892. The number of amides is 2. The van der Waals surface area contributed by atoms with E-state index in [1.807, 2.05) is 0 Å². The highest BCUT2D eigenvalue weighted by molar-refractivity contribution is 6.36. The summed E-state index contributed by atoms with van der Waals surface area (Å²) >= 11 is 12.1. The predicted molar refractivity (Wildman–Crippen MR) is 89.5 cm³/mol. The zero-order valence-electron chi connectivity index (χ0n) is 11.8. The first-order valence-electron chi connectivity index (χ1n) is 6.56. The van der Waals surface area contributed by atoms with E-state index in [-0.39, 0.29) is 18.2 Å². The van der Waals surface area contributed by atoms with Gasteiger partial charge in [0, 0.05) is 28.3 Å². The SMILES string of the molecule is CC(=O)Nc1ccc(NC(=O)Cc2c(Cl)cccc2Cl)cc1. The van der Waals surface area contributed by atoms with Gasteiger partial charge in [0.05, 0.1) is 6.42 Å². The van der Waals surface area contributed by atoms with Crippen LogP contribution in [0.15, 0.2) is 42.5 Å². The van der Waals surface area contributed by atoms with E-state index in [9.17, 15) is 9.59 Å². The van der Waals surface area contributed by atoms with E-state index in [0.717, 1.165) is 0 Å². The molecule has 0 fully saturated rings. The Morgan fingerprint density at radius 3 is 1.91 bits per heavy atom. The Bertz CT molecular complexity index is 680. The molecule has 2 aromatic rings. The molecular formula is C16H14Cl2N2O2. The highest BCUT2D eigenvalue weighted by atomic mass is 35.5. The first kappa shape index (κ1) is 16.3. The summed E-state index contributed by atoms with van der Waals surface area (Å²) in [5, 5.41) is 6.33. The fourth-order valence-electron chi connectivity index (χ4n) is 1.91. The number of hydrogen-bond donors (Lipinski definition) is 2. The number of carbonyl (C=O) groups excluding carboxylic acids is 2. The van der Waals surface area contributed by atoms with Gasteiger partial charge in [-0.25, -0.2) is 0 Å². The van der Waals surface area contributed by atoms with E-state index >= 15 is 0 Å². The number of benzene rings is 2. The lowest BCUT2D eigenvalue weighted by molar-refractivity contribution is -0.116. The molecule has 2 N–H and O–H groups in total. The van der Waals surface area contributed by atoms with Crippen LogP contribution in [0.3, 0.4) is 0 Å². The van der Waals surface area contributed by atoms with E-state index in [4.69, 9.17) is 23.2 Å². The van der Waals surface area contributed by atoms with Crippen molar-refractivity contribution < 1.29 is 9.59 Å². The molecule has 0 aromatic heterocycles. The maximum atomic E-state index is 12.1. The molecule has 0 unspecified atom stereocenters. The van der Waals surface area contributed by atoms with Gasteiger partial charge in [-0.2, -0.15) is 0 Å². The summed E-state index contributed by atoms with van der Waals surface area (Å²) in [6.45, 7) is 1.43. The smallest absolute Gasteiger partial charge is 0.228 e. The van der Waals surface area contributed by atoms with Gasteiger partial charge in [-0.15, -0.1) is 0 Å². The van der Waals surface area contributed by atoms with Crippen LogP contribution in [0.25, 0.3) is 0 Å². The van der Waals surface area contributed by atoms with Gasteiger partial charge in [-0.1, -0.05) is 29.3 Å². The number of hydrogen-bond acceptors (Lipinski definition) is 2. The van der Waals surface area contributed by atoms with Crippen molar-refractivity contribution in [3.05, 3.63) is 58.1 Å². The largest absolute Gasteiger partial charge is 0.326 e. The second-order valence-electron chi connectivity index (χ2n) is 4.68. The van der Waals surface area contributed by atoms with Crippen molar-refractivity contribution in [1.29, 1.82) is 0 Å². The van der Waals surface area contributed by atoms with Gasteiger partial charge in [-0.05, 0) is 42.0 Å². The molecule has 22 heavy (non-hydrogen) atoms. The van der Waals surface area contributed by atoms with Crippen molar-refractivity contribution >= 4 is 46.4 Å². The molecule has 2 rings (SSSR count). The maximum absolute atomic E-state index is 12.1. The van der Waals surface area contributed by atoms with Crippen LogP contribution >= 0.6 is 23.2 Å². The number of rotatable bonds is 4. The highest BCUT2D eigenvalue weighted by Gasteiger charge is 2.11. The quantitative estimate of drug-likeness (QED) is 0.881. The summed E-state index contributed by atoms with van der Waals surface area (Å²) < 4.78 is 0. The Labute approximate surface area is 138 Å². The van der Waals surface area contributed by atoms with Crippen LogP contribution in [0.2, 0.25) is 10.0 Å². The Balaban J connectivity index is 2.01. The van der Waals surface area contributed by atoms with Crippen LogP contribution in [-0.4, -0.2) is 11.8 Å². The summed E-state index contributed by atoms with van der Waals surface area (Å²) in [5.74, 6) is -0.368. The second kappa shape index (κ2) is 7.29. The molecular weight excluding hydrogens is 323 g/mol. The van der Waals surface area contributed by atoms with Crippen molar-refractivity contribution in [2.45, 2.75) is 13.3 Å². The zero-order chi connectivity index (χ0) is 16.1. The molecule has 114 valence electrons. The van der Waals surface area contributed by atoms with Crippen LogP contribution in [0.5, 0.6) is 0 Å². The van der Waals surface area contributed by atoms with Gasteiger partial charge in [-0.3, -0.25) is 9.59 Å². The van der Waals surface area contributed by atoms with Gasteiger partial charge < -0.3 is 10.6 Å². The topological polar surface area (TPSA) is 58.2 Å². The predicted octanol–water partition coefficient (Wildman–Crippen LogP) is 4.13. The van der Waals surface area contributed by atoms with E-state index < -0.39 is 0 Å². The minimum absolute atomic E-state index is 0.0892. The first-order valence-corrected chi connectivity index (χ1v) is 7.31. The molecule has 0 aliphatic carbocycles. The van der Waals surface area contributed by atoms with Crippen molar-refractivity contribution in [2.75, 3.05) is 10.6 Å². The summed E-state index contributed by atoms with van der Waals surface area (Å²) in [4.78, 5) is 23.0. The third kappa shape index (κ3) is 4.48. The lowest BCUT2D eigenvalue weighted by atomic mass is 10.1. The van der Waals surface area contributed by atoms with Gasteiger partial charge >= 0.3 is 0 Å². The molecule has 0 saturated heterocycles. The van der Waals surface area contributed by atoms with E-state index in [1.165, 1.54) is 6.92 Å². The molecule has 2 amide bonds. The minimum Gasteiger partial charge on any atom is -0.326 e. The molecule has 0 bridgehead atoms. The van der Waals surface area contributed by atoms with Gasteiger partial charge in [0.25, 0.3) is 0 Å². The molecule has 0 atom stereocenters. The molecule has 0 heterocycles. The molecule has 0 saturated carbocycles. The molecule has 0 radical (unpaired) electrons. The fraction of sp³-hybridized carbons (Fsp3) is 0.125. The van der Waals surface area contributed by atoms with Crippen LogP contribution in [0.1, 0.15) is 12.5 Å². The van der Waals surface area contributed by atoms with Crippen molar-refractivity contribution in [3.8, 4) is 0 Å². The second-order valence-corrected chi connectivity index (χ2v) is 5.50. The van der Waals surface area contributed by atoms with Crippen LogP contribution in [0, 0.1) is 0 Å². The summed E-state index contributed by atoms with van der Waals surface area (Å²) in [5.41, 5.74) is 1.89. The summed E-state index contributed by atoms with van der Waals surface area (Å²) in [6, 6.07) is 11.9. The lowest BCUT2D eigenvalue weighted by Gasteiger charge is -2.09. The van der Waals surface area contributed by atoms with Crippen molar-refractivity contribution in [1.82, 2.24) is 0 Å². The lowest BCUT2D eigenvalue weighted by Crippen LogP contribution is -2.15. The number of anilines is 2. The molecule has 6 heteroatoms. The fourth-order valence-corrected chi connectivity index (χ4v) is 2.44. The van der Waals surface area contributed by atoms with Crippen LogP contribution < -0.4 is 10.6 Å². The van der Waals surface area contributed by atoms with E-state index in [1.54, 1.807) is 42.5 Å². The molecule has 2 aromatic carbocycles. The normalized spacial score (nSPS) is 10.1. The van der Waals surface area contributed by atoms with Crippen LogP contribution in [0.4, 0.5) is 11.4 Å². The number of halogens is 2. The zero-order valence-corrected chi connectivity index (χ0v) is 13.3. The van der Waals surface area contributed by atoms with Crippen molar-refractivity contribution in [3.63, 3.8) is 0 Å². The number of carbonyl (C=O) groups is 2. The molecule has 0 aliphatic rings. The van der Waals surface area contributed by atoms with Gasteiger partial charge in [0.1, 0.15) is 0 Å². The van der Waals surface area contributed by atoms with Gasteiger partial charge in [0.15, 0.2) is 0 Å². The third-order valence-corrected chi connectivity index (χ3v) is 3.60. The monoisotopic (exact) mass is 336 g/mol. The Hall–Kier alpha value is -2.04. The Kier molecular flexibility index (Phi) is 5.41. The van der Waals surface area contributed by atoms with Crippen molar-refractivity contribution in [2.24, 2.45) is 0 Å². The first-order chi connectivity index (χ1) is 10.5. The number of nitrogens with one attached hydrogen (secondary N) is 2. The summed E-state index contributed by atoms with van der Waals surface area (Å²) in [7, 11) is 0. The highest BCUT2D eigenvalue weighted by Crippen LogP contribution is 2.25. The standard InChI is InChI=1S/C16H14Cl2N2O2/c1-10(21)19-11-5-7-12(8-6-11)20-16(22)9-13-14(17)3-2-4-15(13)18/h2-8H,9H2,1H3,(H,19,21)(H,20,22). The maximum Gasteiger partial charge on any atom is 0.228 e. The average molecular weight is 337 g/mol. The van der Waals surface area contributed by atoms with Gasteiger partial charge in [0.2, 0.25) is 11.8 Å². The molecule has 4 nitrogen and oxygen atoms in total. The Morgan fingerprint density at radius 2 is 1.41 bits per heavy atom. The molecule has 0 aliphatic heterocycles. The van der Waals surface area contributed by atoms with Crippen LogP contribution in [-0.2, 0) is 16.0 Å². The average Bonchev–Trinajstić information content (AvgIpc) is 2.45. The van der Waals surface area contributed by atoms with E-state index in [2.05, 4.69) is 10.6 Å². The minimum atomic E-state index is -0.220. The third-order valence-electron chi connectivity index (χ3n) is 2.89.